The van der Waals surface area contributed by atoms with Crippen molar-refractivity contribution in [2.45, 2.75) is 0 Å². The first-order valence-corrected chi connectivity index (χ1v) is 3.08. The van der Waals surface area contributed by atoms with Crippen LogP contribution in [0.4, 0.5) is 0 Å². The highest BCUT2D eigenvalue weighted by Gasteiger charge is 1.95. The molecule has 4 heteroatoms. The zero-order chi connectivity index (χ0) is 7.68. The van der Waals surface area contributed by atoms with Crippen molar-refractivity contribution in [1.82, 2.24) is 15.0 Å². The van der Waals surface area contributed by atoms with Crippen LogP contribution in [0.15, 0.2) is 23.3 Å². The first kappa shape index (κ1) is 6.03. The van der Waals surface area contributed by atoms with Crippen LogP contribution in [0.3, 0.4) is 0 Å². The van der Waals surface area contributed by atoms with Gasteiger partial charge in [-0.25, -0.2) is 9.97 Å². The molecule has 0 unspecified atom stereocenters. The lowest BCUT2D eigenvalue weighted by Crippen LogP contribution is -2.05. The number of hydrogen-bond donors (Lipinski definition) is 1. The quantitative estimate of drug-likeness (QED) is 0.574. The highest BCUT2D eigenvalue weighted by molar-refractivity contribution is 5.75. The van der Waals surface area contributed by atoms with Gasteiger partial charge in [0.15, 0.2) is 6.33 Å². The molecule has 0 saturated heterocycles. The number of nitrogens with one attached hydrogen (secondary N) is 1. The summed E-state index contributed by atoms with van der Waals surface area (Å²) in [7, 11) is 0. The molecule has 0 atom stereocenters. The fraction of sp³-hybridized carbons (Fsp3) is 0. The van der Waals surface area contributed by atoms with Gasteiger partial charge in [0.05, 0.1) is 10.9 Å². The van der Waals surface area contributed by atoms with E-state index in [1.807, 2.05) is 0 Å². The number of rotatable bonds is 0. The Bertz CT molecular complexity index is 429. The first-order chi connectivity index (χ1) is 5.38. The van der Waals surface area contributed by atoms with Crippen molar-refractivity contribution in [3.8, 4) is 0 Å². The molecule has 0 aromatic carbocycles. The van der Waals surface area contributed by atoms with Gasteiger partial charge in [0, 0.05) is 12.4 Å². The molecule has 11 heavy (non-hydrogen) atoms. The summed E-state index contributed by atoms with van der Waals surface area (Å²) < 4.78 is 0. The predicted molar refractivity (Wildman–Crippen MR) is 39.0 cm³/mol. The van der Waals surface area contributed by atoms with Crippen molar-refractivity contribution in [2.24, 2.45) is 0 Å². The molecule has 1 N–H and O–H groups in total. The number of H-pyrrole nitrogens is 1. The van der Waals surface area contributed by atoms with E-state index in [-0.39, 0.29) is 5.56 Å². The lowest BCUT2D eigenvalue weighted by atomic mass is 10.3. The van der Waals surface area contributed by atoms with Gasteiger partial charge in [-0.15, -0.1) is 0 Å². The van der Waals surface area contributed by atoms with Crippen LogP contribution in [-0.2, 0) is 0 Å². The van der Waals surface area contributed by atoms with Gasteiger partial charge in [-0.3, -0.25) is 4.79 Å². The molecule has 0 spiro atoms. The Labute approximate surface area is 61.9 Å². The summed E-state index contributed by atoms with van der Waals surface area (Å²) >= 11 is 0. The molecule has 0 bridgehead atoms. The molecule has 2 aromatic rings. The van der Waals surface area contributed by atoms with E-state index in [2.05, 4.69) is 21.3 Å². The predicted octanol–water partition coefficient (Wildman–Crippen LogP) is 0.118. The summed E-state index contributed by atoms with van der Waals surface area (Å²) in [5, 5.41) is 0.492. The van der Waals surface area contributed by atoms with Crippen molar-refractivity contribution in [2.75, 3.05) is 0 Å². The van der Waals surface area contributed by atoms with Crippen molar-refractivity contribution in [3.63, 3.8) is 0 Å². The van der Waals surface area contributed by atoms with Crippen LogP contribution >= 0.6 is 0 Å². The summed E-state index contributed by atoms with van der Waals surface area (Å²) in [6, 6.07) is 1.70. The number of fused-ring (bicyclic) bond motifs is 1. The Hall–Kier alpha value is -1.71. The molecule has 0 fully saturated rings. The maximum Gasteiger partial charge on any atom is 0.258 e. The number of aromatic nitrogens is 3. The second-order valence-corrected chi connectivity index (χ2v) is 2.08. The van der Waals surface area contributed by atoms with Gasteiger partial charge in [-0.05, 0) is 6.07 Å². The summed E-state index contributed by atoms with van der Waals surface area (Å²) in [6.45, 7) is 0. The second-order valence-electron chi connectivity index (χ2n) is 2.08. The Morgan fingerprint density at radius 1 is 1.55 bits per heavy atom. The average molecular weight is 146 g/mol. The van der Waals surface area contributed by atoms with E-state index in [4.69, 9.17) is 0 Å². The van der Waals surface area contributed by atoms with Gasteiger partial charge in [0.25, 0.3) is 5.56 Å². The Morgan fingerprint density at radius 2 is 2.45 bits per heavy atom. The largest absolute Gasteiger partial charge is 0.328 e. The molecule has 1 radical (unpaired) electrons. The number of pyridine rings is 1. The normalized spacial score (nSPS) is 10.2. The van der Waals surface area contributed by atoms with E-state index in [9.17, 15) is 4.79 Å². The van der Waals surface area contributed by atoms with E-state index in [1.165, 1.54) is 6.20 Å². The highest BCUT2D eigenvalue weighted by atomic mass is 16.1. The molecular formula is C7H4N3O. The minimum Gasteiger partial charge on any atom is -0.328 e. The van der Waals surface area contributed by atoms with Crippen molar-refractivity contribution in [3.05, 3.63) is 35.1 Å². The zero-order valence-electron chi connectivity index (χ0n) is 5.53. The summed E-state index contributed by atoms with van der Waals surface area (Å²) in [4.78, 5) is 21.0. The molecule has 0 amide bonds. The van der Waals surface area contributed by atoms with Gasteiger partial charge in [0.1, 0.15) is 0 Å². The molecule has 0 aliphatic rings. The van der Waals surface area contributed by atoms with Crippen LogP contribution in [0.5, 0.6) is 0 Å². The zero-order valence-corrected chi connectivity index (χ0v) is 5.53. The fourth-order valence-electron chi connectivity index (χ4n) is 0.879. The minimum atomic E-state index is -0.170. The summed E-state index contributed by atoms with van der Waals surface area (Å²) in [5.74, 6) is 0. The van der Waals surface area contributed by atoms with Crippen LogP contribution in [0.1, 0.15) is 0 Å². The molecule has 0 aliphatic carbocycles. The smallest absolute Gasteiger partial charge is 0.258 e. The number of hydrogen-bond acceptors (Lipinski definition) is 3. The SMILES string of the molecule is O=c1[nH]ccc2n[c]ncc12. The third-order valence-corrected chi connectivity index (χ3v) is 1.40. The van der Waals surface area contributed by atoms with Gasteiger partial charge >= 0.3 is 0 Å². The minimum absolute atomic E-state index is 0.170. The van der Waals surface area contributed by atoms with E-state index in [0.717, 1.165) is 0 Å². The molecule has 0 saturated carbocycles. The van der Waals surface area contributed by atoms with E-state index < -0.39 is 0 Å². The molecule has 2 rings (SSSR count). The monoisotopic (exact) mass is 146 g/mol. The topological polar surface area (TPSA) is 58.6 Å². The molecule has 2 aromatic heterocycles. The van der Waals surface area contributed by atoms with Crippen molar-refractivity contribution >= 4 is 10.9 Å². The van der Waals surface area contributed by atoms with E-state index >= 15 is 0 Å². The Morgan fingerprint density at radius 3 is 3.27 bits per heavy atom. The van der Waals surface area contributed by atoms with Gasteiger partial charge in [-0.2, -0.15) is 0 Å². The molecule has 4 nitrogen and oxygen atoms in total. The summed E-state index contributed by atoms with van der Waals surface area (Å²) in [5.41, 5.74) is 0.445. The Kier molecular flexibility index (Phi) is 1.18. The average Bonchev–Trinajstić information content (AvgIpc) is 2.06. The van der Waals surface area contributed by atoms with E-state index in [0.29, 0.717) is 10.9 Å². The lowest BCUT2D eigenvalue weighted by molar-refractivity contribution is 1.17. The van der Waals surface area contributed by atoms with Gasteiger partial charge in [-0.1, -0.05) is 0 Å². The van der Waals surface area contributed by atoms with Crippen LogP contribution in [0.25, 0.3) is 10.9 Å². The molecule has 2 heterocycles. The van der Waals surface area contributed by atoms with Crippen molar-refractivity contribution in [1.29, 1.82) is 0 Å². The van der Waals surface area contributed by atoms with Gasteiger partial charge < -0.3 is 4.98 Å². The van der Waals surface area contributed by atoms with Crippen molar-refractivity contribution < 1.29 is 0 Å². The van der Waals surface area contributed by atoms with Crippen LogP contribution < -0.4 is 5.56 Å². The first-order valence-electron chi connectivity index (χ1n) is 3.08. The second kappa shape index (κ2) is 2.16. The highest BCUT2D eigenvalue weighted by Crippen LogP contribution is 1.99. The van der Waals surface area contributed by atoms with Crippen LogP contribution in [0, 0.1) is 6.33 Å². The maximum absolute atomic E-state index is 11.0. The molecule has 53 valence electrons. The van der Waals surface area contributed by atoms with E-state index in [1.54, 1.807) is 12.3 Å². The summed E-state index contributed by atoms with van der Waals surface area (Å²) in [6.07, 6.45) is 5.40. The Balaban J connectivity index is 3.03. The van der Waals surface area contributed by atoms with Crippen LogP contribution in [-0.4, -0.2) is 15.0 Å². The molecule has 0 aliphatic heterocycles. The number of nitrogens with zero attached hydrogens (tertiary/aromatic N) is 2. The standard InChI is InChI=1S/C7H4N3O/c11-7-5-3-8-4-10-6(5)1-2-9-7/h1-3H,(H,9,11). The maximum atomic E-state index is 11.0. The third kappa shape index (κ3) is 0.881. The lowest BCUT2D eigenvalue weighted by Gasteiger charge is -1.90. The number of aromatic amines is 1. The fourth-order valence-corrected chi connectivity index (χ4v) is 0.879. The third-order valence-electron chi connectivity index (χ3n) is 1.40. The van der Waals surface area contributed by atoms with Crippen LogP contribution in [0.2, 0.25) is 0 Å². The van der Waals surface area contributed by atoms with Gasteiger partial charge in [0.2, 0.25) is 0 Å². The molecular weight excluding hydrogens is 142 g/mol.